The molecule has 1 heterocycles. The number of hydrogen-bond donors (Lipinski definition) is 2. The lowest BCUT2D eigenvalue weighted by molar-refractivity contribution is -0.137. The van der Waals surface area contributed by atoms with Crippen LogP contribution in [0.25, 0.3) is 0 Å². The van der Waals surface area contributed by atoms with Gasteiger partial charge in [-0.1, -0.05) is 11.6 Å². The van der Waals surface area contributed by atoms with Gasteiger partial charge >= 0.3 is 6.18 Å². The van der Waals surface area contributed by atoms with E-state index in [2.05, 4.69) is 5.32 Å². The molecule has 0 saturated carbocycles. The Labute approximate surface area is 159 Å². The Bertz CT molecular complexity index is 754. The number of alkyl halides is 3. The number of carbonyl (C=O) groups excluding carboxylic acids is 1. The number of aliphatic hydroxyl groups excluding tert-OH is 1. The number of rotatable bonds is 5. The molecule has 1 aromatic rings. The van der Waals surface area contributed by atoms with Crippen molar-refractivity contribution in [2.45, 2.75) is 6.18 Å². The van der Waals surface area contributed by atoms with Crippen molar-refractivity contribution in [3.8, 4) is 6.07 Å². The quantitative estimate of drug-likeness (QED) is 0.583. The summed E-state index contributed by atoms with van der Waals surface area (Å²) in [5.41, 5.74) is -1.38. The zero-order valence-electron chi connectivity index (χ0n) is 14.3. The molecule has 10 heteroatoms. The number of nitrogens with zero attached hydrogens (tertiary/aromatic N) is 3. The minimum absolute atomic E-state index is 0.0582. The molecule has 27 heavy (non-hydrogen) atoms. The third kappa shape index (κ3) is 5.85. The molecule has 0 aliphatic carbocycles. The first kappa shape index (κ1) is 21.0. The number of anilines is 1. The third-order valence-electron chi connectivity index (χ3n) is 4.03. The van der Waals surface area contributed by atoms with Crippen molar-refractivity contribution in [3.63, 3.8) is 0 Å². The predicted octanol–water partition coefficient (Wildman–Crippen LogP) is 2.31. The Kier molecular flexibility index (Phi) is 7.07. The Morgan fingerprint density at radius 3 is 2.56 bits per heavy atom. The largest absolute Gasteiger partial charge is 0.417 e. The van der Waals surface area contributed by atoms with Gasteiger partial charge in [-0.15, -0.1) is 0 Å². The highest BCUT2D eigenvalue weighted by molar-refractivity contribution is 6.31. The molecule has 0 bridgehead atoms. The SMILES string of the molecule is N#C/C(=C/N1CCN(CCO)CC1)C(=O)Nc1ccc(Cl)c(C(F)(F)F)c1. The van der Waals surface area contributed by atoms with E-state index < -0.39 is 22.7 Å². The van der Waals surface area contributed by atoms with Gasteiger partial charge < -0.3 is 15.3 Å². The van der Waals surface area contributed by atoms with Crippen LogP contribution in [0.5, 0.6) is 0 Å². The summed E-state index contributed by atoms with van der Waals surface area (Å²) >= 11 is 5.55. The van der Waals surface area contributed by atoms with Crippen LogP contribution in [-0.2, 0) is 11.0 Å². The highest BCUT2D eigenvalue weighted by Gasteiger charge is 2.33. The Morgan fingerprint density at radius 1 is 1.33 bits per heavy atom. The van der Waals surface area contributed by atoms with Crippen molar-refractivity contribution in [2.75, 3.05) is 44.6 Å². The molecule has 1 aliphatic heterocycles. The van der Waals surface area contributed by atoms with E-state index in [1.54, 1.807) is 11.0 Å². The molecule has 0 unspecified atom stereocenters. The topological polar surface area (TPSA) is 79.6 Å². The van der Waals surface area contributed by atoms with E-state index in [-0.39, 0.29) is 17.9 Å². The molecule has 0 atom stereocenters. The zero-order chi connectivity index (χ0) is 20.0. The van der Waals surface area contributed by atoms with Gasteiger partial charge in [0, 0.05) is 44.6 Å². The summed E-state index contributed by atoms with van der Waals surface area (Å²) in [5, 5.41) is 20.0. The van der Waals surface area contributed by atoms with E-state index in [1.165, 1.54) is 12.3 Å². The zero-order valence-corrected chi connectivity index (χ0v) is 15.0. The van der Waals surface area contributed by atoms with Gasteiger partial charge in [0.05, 0.1) is 17.2 Å². The summed E-state index contributed by atoms with van der Waals surface area (Å²) in [7, 11) is 0. The van der Waals surface area contributed by atoms with E-state index in [9.17, 15) is 23.2 Å². The van der Waals surface area contributed by atoms with E-state index in [1.807, 2.05) is 4.90 Å². The van der Waals surface area contributed by atoms with Gasteiger partial charge in [0.25, 0.3) is 5.91 Å². The molecule has 1 amide bonds. The molecular formula is C17H18ClF3N4O2. The highest BCUT2D eigenvalue weighted by Crippen LogP contribution is 2.36. The molecule has 146 valence electrons. The number of nitrogens with one attached hydrogen (secondary N) is 1. The van der Waals surface area contributed by atoms with Crippen LogP contribution in [0.15, 0.2) is 30.0 Å². The van der Waals surface area contributed by atoms with E-state index in [4.69, 9.17) is 16.7 Å². The van der Waals surface area contributed by atoms with E-state index in [0.29, 0.717) is 32.7 Å². The monoisotopic (exact) mass is 402 g/mol. The summed E-state index contributed by atoms with van der Waals surface area (Å²) in [6.07, 6.45) is -3.26. The van der Waals surface area contributed by atoms with Crippen molar-refractivity contribution >= 4 is 23.2 Å². The fourth-order valence-electron chi connectivity index (χ4n) is 2.60. The molecule has 2 N–H and O–H groups in total. The number of benzene rings is 1. The molecule has 1 saturated heterocycles. The van der Waals surface area contributed by atoms with Crippen molar-refractivity contribution in [2.24, 2.45) is 0 Å². The number of β-amino-alcohol motifs (C(OH)–C–C–N with tert-alkyl or cyclic N) is 1. The van der Waals surface area contributed by atoms with Crippen LogP contribution in [-0.4, -0.2) is 60.1 Å². The second-order valence-electron chi connectivity index (χ2n) is 5.90. The highest BCUT2D eigenvalue weighted by atomic mass is 35.5. The van der Waals surface area contributed by atoms with Crippen LogP contribution in [0, 0.1) is 11.3 Å². The lowest BCUT2D eigenvalue weighted by Crippen LogP contribution is -2.45. The number of piperazine rings is 1. The van der Waals surface area contributed by atoms with Gasteiger partial charge in [-0.25, -0.2) is 0 Å². The first-order valence-electron chi connectivity index (χ1n) is 8.12. The van der Waals surface area contributed by atoms with Crippen molar-refractivity contribution in [1.82, 2.24) is 9.80 Å². The number of hydrogen-bond acceptors (Lipinski definition) is 5. The molecule has 0 radical (unpaired) electrons. The second-order valence-corrected chi connectivity index (χ2v) is 6.31. The molecule has 1 aromatic carbocycles. The molecular weight excluding hydrogens is 385 g/mol. The average molecular weight is 403 g/mol. The number of carbonyl (C=O) groups is 1. The second kappa shape index (κ2) is 9.08. The first-order chi connectivity index (χ1) is 12.7. The van der Waals surface area contributed by atoms with Crippen LogP contribution >= 0.6 is 11.6 Å². The van der Waals surface area contributed by atoms with E-state index in [0.717, 1.165) is 12.1 Å². The molecule has 1 aliphatic rings. The standard InChI is InChI=1S/C17H18ClF3N4O2/c18-15-2-1-13(9-14(15)17(19,20)21)23-16(27)12(10-22)11-25-5-3-24(4-6-25)7-8-26/h1-2,9,11,26H,3-8H2,(H,23,27)/b12-11-. The van der Waals surface area contributed by atoms with Crippen molar-refractivity contribution in [3.05, 3.63) is 40.6 Å². The van der Waals surface area contributed by atoms with Crippen LogP contribution in [0.4, 0.5) is 18.9 Å². The van der Waals surface area contributed by atoms with Gasteiger partial charge in [0.15, 0.2) is 0 Å². The van der Waals surface area contributed by atoms with Crippen LogP contribution < -0.4 is 5.32 Å². The summed E-state index contributed by atoms with van der Waals surface area (Å²) in [6.45, 7) is 3.09. The molecule has 6 nitrogen and oxygen atoms in total. The maximum absolute atomic E-state index is 12.9. The van der Waals surface area contributed by atoms with Crippen molar-refractivity contribution < 1.29 is 23.1 Å². The normalized spacial score (nSPS) is 16.1. The first-order valence-corrected chi connectivity index (χ1v) is 8.49. The Hall–Kier alpha value is -2.28. The summed E-state index contributed by atoms with van der Waals surface area (Å²) < 4.78 is 38.7. The van der Waals surface area contributed by atoms with Crippen LogP contribution in [0.1, 0.15) is 5.56 Å². The molecule has 1 fully saturated rings. The fraction of sp³-hybridized carbons (Fsp3) is 0.412. The predicted molar refractivity (Wildman–Crippen MR) is 93.9 cm³/mol. The lowest BCUT2D eigenvalue weighted by Gasteiger charge is -2.33. The van der Waals surface area contributed by atoms with Gasteiger partial charge in [-0.3, -0.25) is 9.69 Å². The van der Waals surface area contributed by atoms with Gasteiger partial charge in [-0.05, 0) is 18.2 Å². The number of halogens is 4. The van der Waals surface area contributed by atoms with Gasteiger partial charge in [-0.2, -0.15) is 18.4 Å². The number of amides is 1. The molecule has 0 spiro atoms. The van der Waals surface area contributed by atoms with Gasteiger partial charge in [0.2, 0.25) is 0 Å². The maximum Gasteiger partial charge on any atom is 0.417 e. The summed E-state index contributed by atoms with van der Waals surface area (Å²) in [6, 6.07) is 4.76. The minimum atomic E-state index is -4.65. The third-order valence-corrected chi connectivity index (χ3v) is 4.36. The Balaban J connectivity index is 2.07. The maximum atomic E-state index is 12.9. The van der Waals surface area contributed by atoms with Gasteiger partial charge in [0.1, 0.15) is 11.6 Å². The minimum Gasteiger partial charge on any atom is -0.395 e. The number of aliphatic hydroxyl groups is 1. The number of nitriles is 1. The van der Waals surface area contributed by atoms with Crippen molar-refractivity contribution in [1.29, 1.82) is 5.26 Å². The van der Waals surface area contributed by atoms with Crippen LogP contribution in [0.3, 0.4) is 0 Å². The van der Waals surface area contributed by atoms with E-state index >= 15 is 0 Å². The summed E-state index contributed by atoms with van der Waals surface area (Å²) in [5.74, 6) is -0.800. The fourth-order valence-corrected chi connectivity index (χ4v) is 2.82. The average Bonchev–Trinajstić information content (AvgIpc) is 2.62. The van der Waals surface area contributed by atoms with Crippen LogP contribution in [0.2, 0.25) is 5.02 Å². The molecule has 2 rings (SSSR count). The summed E-state index contributed by atoms with van der Waals surface area (Å²) in [4.78, 5) is 16.1. The lowest BCUT2D eigenvalue weighted by atomic mass is 10.2. The Morgan fingerprint density at radius 2 is 2.00 bits per heavy atom. The molecule has 0 aromatic heterocycles. The smallest absolute Gasteiger partial charge is 0.395 e.